The van der Waals surface area contributed by atoms with E-state index in [0.29, 0.717) is 0 Å². The molecule has 0 aromatic heterocycles. The average Bonchev–Trinajstić information content (AvgIpc) is 2.21. The maximum Gasteiger partial charge on any atom is 0.289 e. The van der Waals surface area contributed by atoms with Crippen LogP contribution in [0.2, 0.25) is 0 Å². The number of aliphatic hydroxyl groups is 1. The number of nitrogens with two attached hydrogens (primary N) is 1. The van der Waals surface area contributed by atoms with E-state index in [1.807, 2.05) is 0 Å². The minimum Gasteiger partial charge on any atom is -0.505 e. The van der Waals surface area contributed by atoms with Crippen molar-refractivity contribution >= 4 is 12.4 Å². The Morgan fingerprint density at radius 1 is 1.38 bits per heavy atom. The first-order valence-corrected chi connectivity index (χ1v) is 4.12. The Kier molecular flexibility index (Phi) is 5.05. The molecule has 1 atom stereocenters. The minimum absolute atomic E-state index is 0. The number of rotatable bonds is 3. The summed E-state index contributed by atoms with van der Waals surface area (Å²) >= 11 is 0. The highest BCUT2D eigenvalue weighted by atomic mass is 35.5. The van der Waals surface area contributed by atoms with Crippen molar-refractivity contribution in [2.75, 3.05) is 6.61 Å². The van der Waals surface area contributed by atoms with E-state index < -0.39 is 35.7 Å². The largest absolute Gasteiger partial charge is 0.505 e. The van der Waals surface area contributed by atoms with Gasteiger partial charge in [0.05, 0.1) is 0 Å². The number of benzene rings is 1. The van der Waals surface area contributed by atoms with E-state index in [1.54, 1.807) is 0 Å². The normalized spacial score (nSPS) is 13.1. The molecule has 4 N–H and O–H groups in total. The van der Waals surface area contributed by atoms with Crippen LogP contribution in [0.1, 0.15) is 11.6 Å². The second-order valence-electron chi connectivity index (χ2n) is 3.07. The zero-order chi connectivity index (χ0) is 11.6. The standard InChI is InChI=1S/C9H10F3NO2.ClH/c10-6-3-1-2-5(7(6)15)8(13)9(11,12)4-14;/h1-3,8,14-15H,4,13H2;1H/t8-;/m1./s1. The van der Waals surface area contributed by atoms with Crippen LogP contribution in [0.3, 0.4) is 0 Å². The van der Waals surface area contributed by atoms with Crippen molar-refractivity contribution in [3.63, 3.8) is 0 Å². The summed E-state index contributed by atoms with van der Waals surface area (Å²) in [5, 5.41) is 17.5. The van der Waals surface area contributed by atoms with Gasteiger partial charge in [-0.3, -0.25) is 0 Å². The van der Waals surface area contributed by atoms with Crippen LogP contribution >= 0.6 is 12.4 Å². The summed E-state index contributed by atoms with van der Waals surface area (Å²) in [7, 11) is 0. The summed E-state index contributed by atoms with van der Waals surface area (Å²) in [5.41, 5.74) is 4.68. The number of hydrogen-bond acceptors (Lipinski definition) is 3. The summed E-state index contributed by atoms with van der Waals surface area (Å²) in [5.74, 6) is -5.56. The number of alkyl halides is 2. The third-order valence-corrected chi connectivity index (χ3v) is 2.02. The van der Waals surface area contributed by atoms with Crippen molar-refractivity contribution < 1.29 is 23.4 Å². The molecule has 1 aromatic rings. The Morgan fingerprint density at radius 3 is 2.44 bits per heavy atom. The lowest BCUT2D eigenvalue weighted by molar-refractivity contribution is -0.0716. The van der Waals surface area contributed by atoms with E-state index in [-0.39, 0.29) is 12.4 Å². The molecule has 0 unspecified atom stereocenters. The van der Waals surface area contributed by atoms with E-state index in [2.05, 4.69) is 0 Å². The van der Waals surface area contributed by atoms with Crippen molar-refractivity contribution in [3.8, 4) is 5.75 Å². The van der Waals surface area contributed by atoms with Crippen molar-refractivity contribution in [1.29, 1.82) is 0 Å². The Morgan fingerprint density at radius 2 is 1.94 bits per heavy atom. The fourth-order valence-electron chi connectivity index (χ4n) is 1.11. The molecule has 0 fully saturated rings. The van der Waals surface area contributed by atoms with Gasteiger partial charge in [0.2, 0.25) is 0 Å². The molecular formula is C9H11ClF3NO2. The van der Waals surface area contributed by atoms with Crippen LogP contribution in [0.4, 0.5) is 13.2 Å². The number of aromatic hydroxyl groups is 1. The summed E-state index contributed by atoms with van der Waals surface area (Å²) < 4.78 is 38.7. The van der Waals surface area contributed by atoms with Crippen LogP contribution in [-0.2, 0) is 0 Å². The van der Waals surface area contributed by atoms with Crippen molar-refractivity contribution in [1.82, 2.24) is 0 Å². The van der Waals surface area contributed by atoms with Gasteiger partial charge in [-0.2, -0.15) is 0 Å². The SMILES string of the molecule is Cl.N[C@H](c1cccc(F)c1O)C(F)(F)CO. The van der Waals surface area contributed by atoms with Crippen LogP contribution in [0, 0.1) is 5.82 Å². The van der Waals surface area contributed by atoms with Gasteiger partial charge in [0.15, 0.2) is 11.6 Å². The van der Waals surface area contributed by atoms with Crippen LogP contribution in [0.15, 0.2) is 18.2 Å². The van der Waals surface area contributed by atoms with Gasteiger partial charge < -0.3 is 15.9 Å². The first-order valence-electron chi connectivity index (χ1n) is 4.12. The van der Waals surface area contributed by atoms with E-state index in [9.17, 15) is 13.2 Å². The van der Waals surface area contributed by atoms with Crippen LogP contribution in [0.5, 0.6) is 5.75 Å². The molecule has 7 heteroatoms. The monoisotopic (exact) mass is 257 g/mol. The van der Waals surface area contributed by atoms with Gasteiger partial charge in [-0.1, -0.05) is 12.1 Å². The van der Waals surface area contributed by atoms with Gasteiger partial charge in [0, 0.05) is 5.56 Å². The lowest BCUT2D eigenvalue weighted by atomic mass is 10.0. The molecule has 0 saturated carbocycles. The number of phenols is 1. The fourth-order valence-corrected chi connectivity index (χ4v) is 1.11. The smallest absolute Gasteiger partial charge is 0.289 e. The second kappa shape index (κ2) is 5.38. The van der Waals surface area contributed by atoms with Gasteiger partial charge >= 0.3 is 0 Å². The molecule has 0 bridgehead atoms. The first kappa shape index (κ1) is 15.0. The molecule has 0 heterocycles. The van der Waals surface area contributed by atoms with Crippen molar-refractivity contribution in [3.05, 3.63) is 29.6 Å². The van der Waals surface area contributed by atoms with E-state index >= 15 is 0 Å². The fraction of sp³-hybridized carbons (Fsp3) is 0.333. The van der Waals surface area contributed by atoms with E-state index in [4.69, 9.17) is 15.9 Å². The quantitative estimate of drug-likeness (QED) is 0.770. The maximum absolute atomic E-state index is 12.9. The molecule has 3 nitrogen and oxygen atoms in total. The number of aliphatic hydroxyl groups excluding tert-OH is 1. The van der Waals surface area contributed by atoms with E-state index in [0.717, 1.165) is 18.2 Å². The van der Waals surface area contributed by atoms with Crippen molar-refractivity contribution in [2.45, 2.75) is 12.0 Å². The van der Waals surface area contributed by atoms with Crippen molar-refractivity contribution in [2.24, 2.45) is 5.73 Å². The minimum atomic E-state index is -3.61. The van der Waals surface area contributed by atoms with Gasteiger partial charge in [-0.25, -0.2) is 13.2 Å². The molecule has 0 saturated heterocycles. The van der Waals surface area contributed by atoms with Crippen LogP contribution in [0.25, 0.3) is 0 Å². The average molecular weight is 258 g/mol. The second-order valence-corrected chi connectivity index (χ2v) is 3.07. The molecule has 1 aromatic carbocycles. The first-order chi connectivity index (χ1) is 6.90. The van der Waals surface area contributed by atoms with Crippen LogP contribution in [-0.4, -0.2) is 22.7 Å². The zero-order valence-corrected chi connectivity index (χ0v) is 8.85. The molecule has 0 radical (unpaired) electrons. The van der Waals surface area contributed by atoms with Gasteiger partial charge in [0.1, 0.15) is 12.6 Å². The zero-order valence-electron chi connectivity index (χ0n) is 8.03. The summed E-state index contributed by atoms with van der Waals surface area (Å²) in [6, 6.07) is 1.20. The lowest BCUT2D eigenvalue weighted by Crippen LogP contribution is -2.36. The Hall–Kier alpha value is -0.980. The van der Waals surface area contributed by atoms with Gasteiger partial charge in [0.25, 0.3) is 5.92 Å². The topological polar surface area (TPSA) is 66.5 Å². The predicted molar refractivity (Wildman–Crippen MR) is 54.3 cm³/mol. The molecular weight excluding hydrogens is 247 g/mol. The molecule has 0 amide bonds. The number of halogens is 4. The Bertz CT molecular complexity index is 363. The summed E-state index contributed by atoms with van der Waals surface area (Å²) in [6.07, 6.45) is 0. The van der Waals surface area contributed by atoms with Gasteiger partial charge in [-0.05, 0) is 6.07 Å². The number of phenolic OH excluding ortho intramolecular Hbond substituents is 1. The van der Waals surface area contributed by atoms with Crippen LogP contribution < -0.4 is 5.73 Å². The maximum atomic E-state index is 12.9. The molecule has 0 aliphatic rings. The molecule has 16 heavy (non-hydrogen) atoms. The third-order valence-electron chi connectivity index (χ3n) is 2.02. The predicted octanol–water partition coefficient (Wildman–Crippen LogP) is 1.58. The highest BCUT2D eigenvalue weighted by Gasteiger charge is 2.39. The lowest BCUT2D eigenvalue weighted by Gasteiger charge is -2.22. The molecule has 92 valence electrons. The highest BCUT2D eigenvalue weighted by Crippen LogP contribution is 2.34. The molecule has 0 aliphatic heterocycles. The Balaban J connectivity index is 0.00000225. The van der Waals surface area contributed by atoms with Gasteiger partial charge in [-0.15, -0.1) is 12.4 Å². The summed E-state index contributed by atoms with van der Waals surface area (Å²) in [6.45, 7) is -1.47. The molecule has 0 aliphatic carbocycles. The summed E-state index contributed by atoms with van der Waals surface area (Å²) in [4.78, 5) is 0. The Labute approximate surface area is 96.1 Å². The number of para-hydroxylation sites is 1. The molecule has 0 spiro atoms. The third kappa shape index (κ3) is 2.78. The number of hydrogen-bond donors (Lipinski definition) is 3. The molecule has 1 rings (SSSR count). The van der Waals surface area contributed by atoms with E-state index in [1.165, 1.54) is 0 Å². The highest BCUT2D eigenvalue weighted by molar-refractivity contribution is 5.85.